The molecular weight excluding hydrogens is 298 g/mol. The van der Waals surface area contributed by atoms with Crippen LogP contribution in [-0.4, -0.2) is 14.5 Å². The lowest BCUT2D eigenvalue weighted by Gasteiger charge is -2.20. The lowest BCUT2D eigenvalue weighted by atomic mass is 9.96. The monoisotopic (exact) mass is 321 g/mol. The molecule has 0 atom stereocenters. The second kappa shape index (κ2) is 7.58. The number of anilines is 1. The number of hydrogen-bond acceptors (Lipinski definition) is 3. The predicted octanol–water partition coefficient (Wildman–Crippen LogP) is 2.53. The first-order valence-electron chi connectivity index (χ1n) is 7.49. The molecule has 0 radical (unpaired) electrons. The maximum atomic E-state index is 10.6. The van der Waals surface area contributed by atoms with Crippen LogP contribution in [0.15, 0.2) is 42.5 Å². The molecule has 6 heteroatoms. The molecule has 0 saturated heterocycles. The summed E-state index contributed by atoms with van der Waals surface area (Å²) < 4.78 is 23.5. The van der Waals surface area contributed by atoms with Crippen molar-refractivity contribution < 1.29 is 8.42 Å². The Morgan fingerprint density at radius 1 is 0.955 bits per heavy atom. The van der Waals surface area contributed by atoms with Crippen LogP contribution in [-0.2, 0) is 10.2 Å². The maximum Gasteiger partial charge on any atom is 0.274 e. The topological polar surface area (TPSA) is 98.2 Å². The average Bonchev–Trinajstić information content (AvgIpc) is 2.48. The van der Waals surface area contributed by atoms with Gasteiger partial charge in [-0.1, -0.05) is 55.7 Å². The van der Waals surface area contributed by atoms with Gasteiger partial charge in [-0.2, -0.15) is 13.1 Å². The summed E-state index contributed by atoms with van der Waals surface area (Å²) in [6.45, 7) is 0. The summed E-state index contributed by atoms with van der Waals surface area (Å²) in [5.74, 6) is 0. The summed E-state index contributed by atoms with van der Waals surface area (Å²) in [6.07, 6.45) is 5.27. The first-order chi connectivity index (χ1) is 10.5. The number of nitrogens with two attached hydrogens (primary N) is 2. The molecule has 5 N–H and O–H groups in total. The summed E-state index contributed by atoms with van der Waals surface area (Å²) in [5.41, 5.74) is 6.61. The number of nitrogen functional groups attached to an aromatic ring is 1. The molecule has 2 aromatic rings. The molecule has 0 aliphatic heterocycles. The quantitative estimate of drug-likeness (QED) is 0.741. The molecule has 1 aliphatic carbocycles. The van der Waals surface area contributed by atoms with Crippen LogP contribution in [0.2, 0.25) is 0 Å². The zero-order valence-corrected chi connectivity index (χ0v) is 13.4. The van der Waals surface area contributed by atoms with E-state index in [4.69, 9.17) is 10.9 Å². The minimum atomic E-state index is -3.47. The van der Waals surface area contributed by atoms with Gasteiger partial charge in [-0.15, -0.1) is 0 Å². The molecule has 0 amide bonds. The highest BCUT2D eigenvalue weighted by Gasteiger charge is 2.16. The molecule has 1 aliphatic rings. The normalized spacial score (nSPS) is 16.0. The lowest BCUT2D eigenvalue weighted by Crippen LogP contribution is -2.40. The smallest absolute Gasteiger partial charge is 0.274 e. The van der Waals surface area contributed by atoms with Crippen molar-refractivity contribution in [1.82, 2.24) is 4.72 Å². The van der Waals surface area contributed by atoms with Crippen molar-refractivity contribution in [2.24, 2.45) is 5.14 Å². The van der Waals surface area contributed by atoms with Gasteiger partial charge < -0.3 is 5.73 Å². The van der Waals surface area contributed by atoms with E-state index in [1.807, 2.05) is 30.3 Å². The van der Waals surface area contributed by atoms with Gasteiger partial charge in [0.2, 0.25) is 0 Å². The molecule has 0 heterocycles. The number of nitrogens with one attached hydrogen (secondary N) is 1. The van der Waals surface area contributed by atoms with E-state index in [1.54, 1.807) is 0 Å². The number of fused-ring (bicyclic) bond motifs is 1. The van der Waals surface area contributed by atoms with Gasteiger partial charge in [-0.05, 0) is 24.3 Å². The van der Waals surface area contributed by atoms with Gasteiger partial charge in [0, 0.05) is 17.1 Å². The van der Waals surface area contributed by atoms with Gasteiger partial charge in [-0.3, -0.25) is 0 Å². The van der Waals surface area contributed by atoms with Crippen molar-refractivity contribution in [1.29, 1.82) is 0 Å². The highest BCUT2D eigenvalue weighted by Crippen LogP contribution is 2.19. The van der Waals surface area contributed by atoms with Crippen LogP contribution in [0.4, 0.5) is 5.69 Å². The third kappa shape index (κ3) is 5.29. The fourth-order valence-corrected chi connectivity index (χ4v) is 3.40. The first kappa shape index (κ1) is 16.7. The van der Waals surface area contributed by atoms with Gasteiger partial charge >= 0.3 is 0 Å². The van der Waals surface area contributed by atoms with E-state index in [-0.39, 0.29) is 6.04 Å². The molecule has 0 unspecified atom stereocenters. The van der Waals surface area contributed by atoms with Crippen molar-refractivity contribution in [2.75, 3.05) is 5.73 Å². The van der Waals surface area contributed by atoms with Crippen LogP contribution in [0.5, 0.6) is 0 Å². The standard InChI is InChI=1S/C10H9N.C6H14N2O2S/c11-10-7-3-5-8-4-1-2-6-9(8)10;7-11(9,10)8-6-4-2-1-3-5-6/h1-7H,11H2;6,8H,1-5H2,(H2,7,9,10). The Morgan fingerprint density at radius 2 is 1.59 bits per heavy atom. The van der Waals surface area contributed by atoms with Gasteiger partial charge in [-0.25, -0.2) is 5.14 Å². The fraction of sp³-hybridized carbons (Fsp3) is 0.375. The average molecular weight is 321 g/mol. The van der Waals surface area contributed by atoms with Gasteiger partial charge in [0.05, 0.1) is 0 Å². The number of benzene rings is 2. The zero-order valence-electron chi connectivity index (χ0n) is 12.5. The van der Waals surface area contributed by atoms with Crippen molar-refractivity contribution >= 4 is 26.7 Å². The van der Waals surface area contributed by atoms with Crippen LogP contribution in [0, 0.1) is 0 Å². The van der Waals surface area contributed by atoms with E-state index in [9.17, 15) is 8.42 Å². The van der Waals surface area contributed by atoms with Gasteiger partial charge in [0.25, 0.3) is 10.2 Å². The second-order valence-corrected chi connectivity index (χ2v) is 6.89. The lowest BCUT2D eigenvalue weighted by molar-refractivity contribution is 0.412. The van der Waals surface area contributed by atoms with E-state index >= 15 is 0 Å². The summed E-state index contributed by atoms with van der Waals surface area (Å²) in [5, 5.41) is 7.16. The van der Waals surface area contributed by atoms with Gasteiger partial charge in [0.15, 0.2) is 0 Å². The van der Waals surface area contributed by atoms with Gasteiger partial charge in [0.1, 0.15) is 0 Å². The highest BCUT2D eigenvalue weighted by atomic mass is 32.2. The number of rotatable bonds is 2. The largest absolute Gasteiger partial charge is 0.398 e. The van der Waals surface area contributed by atoms with E-state index < -0.39 is 10.2 Å². The van der Waals surface area contributed by atoms with Crippen molar-refractivity contribution in [3.05, 3.63) is 42.5 Å². The SMILES string of the molecule is NS(=O)(=O)NC1CCCCC1.Nc1cccc2ccccc12. The third-order valence-electron chi connectivity index (χ3n) is 3.76. The van der Waals surface area contributed by atoms with Crippen molar-refractivity contribution in [3.63, 3.8) is 0 Å². The van der Waals surface area contributed by atoms with E-state index in [0.29, 0.717) is 0 Å². The molecule has 0 aromatic heterocycles. The Hall–Kier alpha value is -1.63. The Bertz CT molecular complexity index is 705. The third-order valence-corrected chi connectivity index (χ3v) is 4.42. The summed E-state index contributed by atoms with van der Waals surface area (Å²) >= 11 is 0. The Morgan fingerprint density at radius 3 is 2.23 bits per heavy atom. The van der Waals surface area contributed by atoms with Crippen LogP contribution >= 0.6 is 0 Å². The highest BCUT2D eigenvalue weighted by molar-refractivity contribution is 7.87. The first-order valence-corrected chi connectivity index (χ1v) is 9.03. The minimum absolute atomic E-state index is 0.0822. The molecule has 5 nitrogen and oxygen atoms in total. The predicted molar refractivity (Wildman–Crippen MR) is 91.5 cm³/mol. The molecule has 1 saturated carbocycles. The number of hydrogen-bond donors (Lipinski definition) is 3. The zero-order chi connectivity index (χ0) is 16.0. The minimum Gasteiger partial charge on any atom is -0.398 e. The molecule has 2 aromatic carbocycles. The fourth-order valence-electron chi connectivity index (χ4n) is 2.70. The summed E-state index contributed by atoms with van der Waals surface area (Å²) in [6, 6.07) is 14.1. The molecule has 3 rings (SSSR count). The molecular formula is C16H23N3O2S. The van der Waals surface area contributed by atoms with Crippen LogP contribution in [0.1, 0.15) is 32.1 Å². The van der Waals surface area contributed by atoms with Crippen LogP contribution in [0.25, 0.3) is 10.8 Å². The Balaban J connectivity index is 0.000000160. The maximum absolute atomic E-state index is 10.6. The van der Waals surface area contributed by atoms with Crippen molar-refractivity contribution in [2.45, 2.75) is 38.1 Å². The van der Waals surface area contributed by atoms with Crippen LogP contribution in [0.3, 0.4) is 0 Å². The Kier molecular flexibility index (Phi) is 5.76. The molecule has 1 fully saturated rings. The molecule has 120 valence electrons. The van der Waals surface area contributed by atoms with E-state index in [2.05, 4.69) is 16.9 Å². The molecule has 0 spiro atoms. The summed E-state index contributed by atoms with van der Waals surface area (Å²) in [7, 11) is -3.47. The van der Waals surface area contributed by atoms with Crippen molar-refractivity contribution in [3.8, 4) is 0 Å². The molecule has 22 heavy (non-hydrogen) atoms. The summed E-state index contributed by atoms with van der Waals surface area (Å²) in [4.78, 5) is 0. The molecule has 0 bridgehead atoms. The van der Waals surface area contributed by atoms with E-state index in [1.165, 1.54) is 11.8 Å². The Labute approximate surface area is 131 Å². The second-order valence-electron chi connectivity index (χ2n) is 5.57. The van der Waals surface area contributed by atoms with Crippen LogP contribution < -0.4 is 15.6 Å². The van der Waals surface area contributed by atoms with E-state index in [0.717, 1.165) is 36.8 Å².